The number of hydrogen-bond donors (Lipinski definition) is 5. The van der Waals surface area contributed by atoms with Gasteiger partial charge >= 0.3 is 5.97 Å². The third kappa shape index (κ3) is 6.95. The van der Waals surface area contributed by atoms with Crippen molar-refractivity contribution in [2.45, 2.75) is 25.3 Å². The van der Waals surface area contributed by atoms with Gasteiger partial charge in [0.05, 0.1) is 6.42 Å². The molecule has 0 heterocycles. The molecule has 114 valence electrons. The minimum atomic E-state index is -1.07. The highest BCUT2D eigenvalue weighted by Crippen LogP contribution is 2.02. The molecule has 1 aromatic carbocycles. The van der Waals surface area contributed by atoms with Gasteiger partial charge in [-0.05, 0) is 18.4 Å². The number of carbonyl (C=O) groups excluding carboxylic acids is 1. The Morgan fingerprint density at radius 2 is 1.95 bits per heavy atom. The van der Waals surface area contributed by atoms with Crippen LogP contribution in [-0.2, 0) is 16.0 Å². The molecule has 7 heteroatoms. The van der Waals surface area contributed by atoms with Crippen molar-refractivity contribution < 1.29 is 14.7 Å². The zero-order chi connectivity index (χ0) is 15.7. The van der Waals surface area contributed by atoms with E-state index >= 15 is 0 Å². The third-order valence-electron chi connectivity index (χ3n) is 2.83. The van der Waals surface area contributed by atoms with Crippen LogP contribution in [0.2, 0.25) is 0 Å². The van der Waals surface area contributed by atoms with E-state index in [9.17, 15) is 9.59 Å². The summed E-state index contributed by atoms with van der Waals surface area (Å²) in [4.78, 5) is 22.9. The molecule has 6 N–H and O–H groups in total. The summed E-state index contributed by atoms with van der Waals surface area (Å²) in [6, 6.07) is 8.19. The summed E-state index contributed by atoms with van der Waals surface area (Å²) in [5, 5.41) is 21.2. The van der Waals surface area contributed by atoms with E-state index in [0.717, 1.165) is 5.56 Å². The van der Waals surface area contributed by atoms with Crippen LogP contribution in [0.15, 0.2) is 30.3 Å². The lowest BCUT2D eigenvalue weighted by Gasteiger charge is -2.14. The third-order valence-corrected chi connectivity index (χ3v) is 2.83. The normalized spacial score (nSPS) is 11.4. The van der Waals surface area contributed by atoms with Crippen LogP contribution in [0.1, 0.15) is 18.4 Å². The topological polar surface area (TPSA) is 128 Å². The Bertz CT molecular complexity index is 490. The molecule has 1 amide bonds. The molecule has 0 aromatic heterocycles. The summed E-state index contributed by atoms with van der Waals surface area (Å²) >= 11 is 0. The largest absolute Gasteiger partial charge is 0.480 e. The number of hydrogen-bond acceptors (Lipinski definition) is 3. The summed E-state index contributed by atoms with van der Waals surface area (Å²) < 4.78 is 0. The Kier molecular flexibility index (Phi) is 6.73. The summed E-state index contributed by atoms with van der Waals surface area (Å²) in [5.41, 5.74) is 5.95. The smallest absolute Gasteiger partial charge is 0.326 e. The van der Waals surface area contributed by atoms with Crippen molar-refractivity contribution in [1.82, 2.24) is 10.6 Å². The summed E-state index contributed by atoms with van der Waals surface area (Å²) in [7, 11) is 0. The maximum atomic E-state index is 11.8. The van der Waals surface area contributed by atoms with Crippen molar-refractivity contribution >= 4 is 17.8 Å². The molecule has 21 heavy (non-hydrogen) atoms. The molecule has 0 saturated heterocycles. The average molecular weight is 292 g/mol. The fourth-order valence-corrected chi connectivity index (χ4v) is 1.81. The van der Waals surface area contributed by atoms with Gasteiger partial charge in [-0.25, -0.2) is 4.79 Å². The van der Waals surface area contributed by atoms with Crippen LogP contribution < -0.4 is 16.4 Å². The molecule has 1 aromatic rings. The number of nitrogens with two attached hydrogens (primary N) is 1. The Labute approximate surface area is 123 Å². The lowest BCUT2D eigenvalue weighted by molar-refractivity contribution is -0.141. The SMILES string of the molecule is N=C(N)NCCC[C@H](NC(=O)Cc1ccccc1)C(=O)O. The first-order chi connectivity index (χ1) is 9.99. The van der Waals surface area contributed by atoms with Gasteiger partial charge in [-0.15, -0.1) is 0 Å². The molecular weight excluding hydrogens is 272 g/mol. The fourth-order valence-electron chi connectivity index (χ4n) is 1.81. The van der Waals surface area contributed by atoms with Crippen LogP contribution in [0.3, 0.4) is 0 Å². The van der Waals surface area contributed by atoms with E-state index in [-0.39, 0.29) is 24.7 Å². The molecule has 0 aliphatic heterocycles. The van der Waals surface area contributed by atoms with Gasteiger partial charge in [0.1, 0.15) is 6.04 Å². The Morgan fingerprint density at radius 1 is 1.29 bits per heavy atom. The highest BCUT2D eigenvalue weighted by Gasteiger charge is 2.19. The Balaban J connectivity index is 2.41. The molecule has 1 atom stereocenters. The van der Waals surface area contributed by atoms with Crippen molar-refractivity contribution in [3.63, 3.8) is 0 Å². The molecule has 0 aliphatic rings. The van der Waals surface area contributed by atoms with Gasteiger partial charge in [0.2, 0.25) is 5.91 Å². The quantitative estimate of drug-likeness (QED) is 0.263. The highest BCUT2D eigenvalue weighted by molar-refractivity contribution is 5.84. The van der Waals surface area contributed by atoms with E-state index in [1.54, 1.807) is 0 Å². The van der Waals surface area contributed by atoms with Crippen molar-refractivity contribution in [3.8, 4) is 0 Å². The number of amides is 1. The van der Waals surface area contributed by atoms with Crippen LogP contribution in [0.25, 0.3) is 0 Å². The molecule has 0 spiro atoms. The van der Waals surface area contributed by atoms with E-state index in [0.29, 0.717) is 13.0 Å². The number of rotatable bonds is 8. The second-order valence-corrected chi connectivity index (χ2v) is 4.60. The summed E-state index contributed by atoms with van der Waals surface area (Å²) in [6.07, 6.45) is 0.911. The highest BCUT2D eigenvalue weighted by atomic mass is 16.4. The number of nitrogens with one attached hydrogen (secondary N) is 3. The number of aliphatic carboxylic acids is 1. The van der Waals surface area contributed by atoms with Crippen molar-refractivity contribution in [2.75, 3.05) is 6.54 Å². The molecule has 0 fully saturated rings. The first-order valence-corrected chi connectivity index (χ1v) is 6.63. The van der Waals surface area contributed by atoms with Gasteiger partial charge in [0.15, 0.2) is 5.96 Å². The number of carboxylic acids is 1. The van der Waals surface area contributed by atoms with E-state index in [1.165, 1.54) is 0 Å². The van der Waals surface area contributed by atoms with Gasteiger partial charge in [0, 0.05) is 6.54 Å². The monoisotopic (exact) mass is 292 g/mol. The zero-order valence-corrected chi connectivity index (χ0v) is 11.6. The fraction of sp³-hybridized carbons (Fsp3) is 0.357. The second kappa shape index (κ2) is 8.57. The van der Waals surface area contributed by atoms with E-state index in [4.69, 9.17) is 16.2 Å². The van der Waals surface area contributed by atoms with Crippen LogP contribution in [0.4, 0.5) is 0 Å². The summed E-state index contributed by atoms with van der Waals surface area (Å²) in [5.74, 6) is -1.55. The molecule has 0 radical (unpaired) electrons. The predicted molar refractivity (Wildman–Crippen MR) is 78.9 cm³/mol. The molecule has 0 aliphatic carbocycles. The minimum absolute atomic E-state index is 0.149. The van der Waals surface area contributed by atoms with Crippen molar-refractivity contribution in [1.29, 1.82) is 5.41 Å². The number of guanidine groups is 1. The molecule has 1 rings (SSSR count). The minimum Gasteiger partial charge on any atom is -0.480 e. The van der Waals surface area contributed by atoms with Gasteiger partial charge in [-0.3, -0.25) is 10.2 Å². The first kappa shape index (κ1) is 16.5. The zero-order valence-electron chi connectivity index (χ0n) is 11.6. The maximum absolute atomic E-state index is 11.8. The number of carbonyl (C=O) groups is 2. The van der Waals surface area contributed by atoms with Crippen molar-refractivity contribution in [2.24, 2.45) is 5.73 Å². The Hall–Kier alpha value is -2.57. The van der Waals surface area contributed by atoms with E-state index in [1.807, 2.05) is 30.3 Å². The molecule has 0 saturated carbocycles. The second-order valence-electron chi connectivity index (χ2n) is 4.60. The van der Waals surface area contributed by atoms with Crippen molar-refractivity contribution in [3.05, 3.63) is 35.9 Å². The molecule has 0 unspecified atom stereocenters. The molecule has 7 nitrogen and oxygen atoms in total. The lowest BCUT2D eigenvalue weighted by Crippen LogP contribution is -2.42. The van der Waals surface area contributed by atoms with Gasteiger partial charge in [-0.1, -0.05) is 30.3 Å². The van der Waals surface area contributed by atoms with Gasteiger partial charge in [-0.2, -0.15) is 0 Å². The number of carboxylic acid groups (broad SMARTS) is 1. The molecule has 0 bridgehead atoms. The standard InChI is InChI=1S/C14H20N4O3/c15-14(16)17-8-4-7-11(13(20)21)18-12(19)9-10-5-2-1-3-6-10/h1-3,5-6,11H,4,7-9H2,(H,18,19)(H,20,21)(H4,15,16,17)/t11-/m0/s1. The summed E-state index contributed by atoms with van der Waals surface area (Å²) in [6.45, 7) is 0.396. The van der Waals surface area contributed by atoms with Crippen LogP contribution in [0.5, 0.6) is 0 Å². The van der Waals surface area contributed by atoms with E-state index in [2.05, 4.69) is 10.6 Å². The first-order valence-electron chi connectivity index (χ1n) is 6.63. The number of benzene rings is 1. The van der Waals surface area contributed by atoms with Crippen LogP contribution in [-0.4, -0.2) is 35.5 Å². The average Bonchev–Trinajstić information content (AvgIpc) is 2.42. The Morgan fingerprint density at radius 3 is 2.52 bits per heavy atom. The maximum Gasteiger partial charge on any atom is 0.326 e. The van der Waals surface area contributed by atoms with Gasteiger partial charge in [0.25, 0.3) is 0 Å². The predicted octanol–water partition coefficient (Wildman–Crippen LogP) is 0.0618. The molecular formula is C14H20N4O3. The lowest BCUT2D eigenvalue weighted by atomic mass is 10.1. The van der Waals surface area contributed by atoms with Crippen LogP contribution >= 0.6 is 0 Å². The van der Waals surface area contributed by atoms with E-state index < -0.39 is 12.0 Å². The van der Waals surface area contributed by atoms with Crippen LogP contribution in [0, 0.1) is 5.41 Å². The van der Waals surface area contributed by atoms with Gasteiger partial charge < -0.3 is 21.5 Å².